The fraction of sp³-hybridized carbons (Fsp3) is 0. The number of fused-ring (bicyclic) bond motifs is 1. The summed E-state index contributed by atoms with van der Waals surface area (Å²) in [5, 5.41) is 2.08. The maximum atomic E-state index is 12.0. The summed E-state index contributed by atoms with van der Waals surface area (Å²) in [4.78, 5) is 16.0. The van der Waals surface area contributed by atoms with Crippen molar-refractivity contribution >= 4 is 56.5 Å². The van der Waals surface area contributed by atoms with Crippen molar-refractivity contribution in [3.8, 4) is 11.1 Å². The van der Waals surface area contributed by atoms with Gasteiger partial charge in [0.25, 0.3) is 5.91 Å². The molecule has 0 aliphatic rings. The first-order valence-corrected chi connectivity index (χ1v) is 8.15. The highest BCUT2D eigenvalue weighted by atomic mass is 35.5. The Morgan fingerprint density at radius 3 is 2.57 bits per heavy atom. The molecule has 0 bridgehead atoms. The van der Waals surface area contributed by atoms with E-state index in [9.17, 15) is 4.79 Å². The number of nitrogens with zero attached hydrogens (tertiary/aromatic N) is 1. The monoisotopic (exact) mass is 363 g/mol. The van der Waals surface area contributed by atoms with Crippen LogP contribution in [0.3, 0.4) is 0 Å². The van der Waals surface area contributed by atoms with E-state index in [1.165, 1.54) is 11.3 Å². The number of amides is 1. The van der Waals surface area contributed by atoms with Crippen LogP contribution in [0.5, 0.6) is 0 Å². The Bertz CT molecular complexity index is 946. The van der Waals surface area contributed by atoms with Gasteiger partial charge in [-0.1, -0.05) is 35.3 Å². The Kier molecular flexibility index (Phi) is 4.26. The van der Waals surface area contributed by atoms with Crippen LogP contribution in [0.1, 0.15) is 9.67 Å². The molecule has 0 spiro atoms. The second-order valence-electron chi connectivity index (χ2n) is 4.79. The number of guanidine groups is 1. The van der Waals surface area contributed by atoms with E-state index in [1.807, 2.05) is 18.2 Å². The quantitative estimate of drug-likeness (QED) is 0.526. The third-order valence-corrected chi connectivity index (χ3v) is 4.87. The number of rotatable bonds is 2. The van der Waals surface area contributed by atoms with E-state index < -0.39 is 5.91 Å². The molecule has 4 nitrogen and oxygen atoms in total. The molecule has 0 aliphatic carbocycles. The van der Waals surface area contributed by atoms with Gasteiger partial charge in [-0.25, -0.2) is 0 Å². The van der Waals surface area contributed by atoms with Gasteiger partial charge < -0.3 is 11.5 Å². The van der Waals surface area contributed by atoms with Crippen LogP contribution in [0.25, 0.3) is 21.2 Å². The summed E-state index contributed by atoms with van der Waals surface area (Å²) in [6.45, 7) is 0. The average molecular weight is 364 g/mol. The number of benzene rings is 2. The Balaban J connectivity index is 2.20. The van der Waals surface area contributed by atoms with Gasteiger partial charge in [0.15, 0.2) is 5.96 Å². The Morgan fingerprint density at radius 1 is 1.04 bits per heavy atom. The van der Waals surface area contributed by atoms with Gasteiger partial charge in [-0.3, -0.25) is 4.79 Å². The van der Waals surface area contributed by atoms with Gasteiger partial charge in [0.1, 0.15) is 0 Å². The predicted molar refractivity (Wildman–Crippen MR) is 97.4 cm³/mol. The number of aliphatic imine (C=N–C) groups is 1. The summed E-state index contributed by atoms with van der Waals surface area (Å²) in [5.74, 6) is -0.722. The summed E-state index contributed by atoms with van der Waals surface area (Å²) in [6, 6.07) is 12.8. The predicted octanol–water partition coefficient (Wildman–Crippen LogP) is 4.29. The topological polar surface area (TPSA) is 81.5 Å². The smallest absolute Gasteiger partial charge is 0.290 e. The van der Waals surface area contributed by atoms with E-state index in [4.69, 9.17) is 34.7 Å². The van der Waals surface area contributed by atoms with E-state index in [0.717, 1.165) is 21.2 Å². The first kappa shape index (κ1) is 15.8. The first-order valence-electron chi connectivity index (χ1n) is 6.57. The normalized spacial score (nSPS) is 10.7. The zero-order valence-corrected chi connectivity index (χ0v) is 14.0. The Labute approximate surface area is 146 Å². The number of carbonyl (C=O) groups excluding carboxylic acids is 1. The number of hydrogen-bond acceptors (Lipinski definition) is 2. The highest BCUT2D eigenvalue weighted by Crippen LogP contribution is 2.38. The number of carbonyl (C=O) groups is 1. The van der Waals surface area contributed by atoms with Gasteiger partial charge in [-0.05, 0) is 35.9 Å². The van der Waals surface area contributed by atoms with Crippen LogP contribution in [0.4, 0.5) is 0 Å². The molecule has 0 aliphatic heterocycles. The zero-order valence-electron chi connectivity index (χ0n) is 11.7. The molecule has 116 valence electrons. The van der Waals surface area contributed by atoms with Gasteiger partial charge in [0.05, 0.1) is 4.88 Å². The first-order chi connectivity index (χ1) is 11.0. The molecule has 0 radical (unpaired) electrons. The number of nitrogens with two attached hydrogens (primary N) is 2. The molecule has 3 aromatic rings. The minimum absolute atomic E-state index is 0.259. The molecule has 3 rings (SSSR count). The molecule has 1 aromatic heterocycles. The summed E-state index contributed by atoms with van der Waals surface area (Å²) in [5.41, 5.74) is 12.2. The van der Waals surface area contributed by atoms with Crippen molar-refractivity contribution < 1.29 is 4.79 Å². The molecule has 4 N–H and O–H groups in total. The van der Waals surface area contributed by atoms with Crippen LogP contribution in [0.15, 0.2) is 47.5 Å². The van der Waals surface area contributed by atoms with Crippen molar-refractivity contribution in [1.29, 1.82) is 0 Å². The minimum Gasteiger partial charge on any atom is -0.370 e. The van der Waals surface area contributed by atoms with E-state index in [2.05, 4.69) is 4.99 Å². The molecule has 0 saturated heterocycles. The number of hydrogen-bond donors (Lipinski definition) is 2. The summed E-state index contributed by atoms with van der Waals surface area (Å²) in [7, 11) is 0. The molecule has 0 saturated carbocycles. The van der Waals surface area contributed by atoms with Gasteiger partial charge in [0.2, 0.25) is 0 Å². The van der Waals surface area contributed by atoms with Crippen molar-refractivity contribution in [1.82, 2.24) is 0 Å². The van der Waals surface area contributed by atoms with Gasteiger partial charge in [0, 0.05) is 25.7 Å². The lowest BCUT2D eigenvalue weighted by molar-refractivity contribution is 0.101. The average Bonchev–Trinajstić information content (AvgIpc) is 2.93. The molecule has 7 heteroatoms. The maximum absolute atomic E-state index is 12.0. The van der Waals surface area contributed by atoms with Crippen molar-refractivity contribution in [2.45, 2.75) is 0 Å². The van der Waals surface area contributed by atoms with Crippen LogP contribution in [0.2, 0.25) is 10.0 Å². The molecule has 1 heterocycles. The lowest BCUT2D eigenvalue weighted by atomic mass is 10.0. The van der Waals surface area contributed by atoms with Crippen LogP contribution < -0.4 is 11.5 Å². The Morgan fingerprint density at radius 2 is 1.83 bits per heavy atom. The highest BCUT2D eigenvalue weighted by Gasteiger charge is 2.14. The van der Waals surface area contributed by atoms with E-state index >= 15 is 0 Å². The minimum atomic E-state index is -0.464. The fourth-order valence-corrected chi connectivity index (χ4v) is 3.64. The molecule has 0 fully saturated rings. The van der Waals surface area contributed by atoms with E-state index in [0.29, 0.717) is 14.9 Å². The molecule has 1 amide bonds. The number of thiophene rings is 1. The standard InChI is InChI=1S/C16H11Cl2N3OS/c17-8-4-5-12(18)10(6-8)9-2-1-3-13-11(9)7-14(23-13)15(22)21-16(19)20/h1-7H,(H4,19,20,21,22). The van der Waals surface area contributed by atoms with Crippen LogP contribution in [-0.4, -0.2) is 11.9 Å². The molecule has 0 atom stereocenters. The molecule has 23 heavy (non-hydrogen) atoms. The molecular weight excluding hydrogens is 353 g/mol. The fourth-order valence-electron chi connectivity index (χ4n) is 2.28. The van der Waals surface area contributed by atoms with Crippen LogP contribution in [-0.2, 0) is 0 Å². The molecule has 0 unspecified atom stereocenters. The van der Waals surface area contributed by atoms with E-state index in [-0.39, 0.29) is 5.96 Å². The Hall–Kier alpha value is -2.08. The maximum Gasteiger partial charge on any atom is 0.290 e. The summed E-state index contributed by atoms with van der Waals surface area (Å²) in [6.07, 6.45) is 0. The summed E-state index contributed by atoms with van der Waals surface area (Å²) >= 11 is 13.7. The van der Waals surface area contributed by atoms with Crippen LogP contribution >= 0.6 is 34.5 Å². The second-order valence-corrected chi connectivity index (χ2v) is 6.72. The third-order valence-electron chi connectivity index (χ3n) is 3.22. The SMILES string of the molecule is NC(N)=NC(=O)c1cc2c(-c3cc(Cl)ccc3Cl)cccc2s1. The lowest BCUT2D eigenvalue weighted by Gasteiger charge is -2.06. The zero-order chi connectivity index (χ0) is 16.6. The highest BCUT2D eigenvalue weighted by molar-refractivity contribution is 7.20. The van der Waals surface area contributed by atoms with Crippen molar-refractivity contribution in [2.75, 3.05) is 0 Å². The van der Waals surface area contributed by atoms with Gasteiger partial charge in [-0.2, -0.15) is 4.99 Å². The third kappa shape index (κ3) is 3.17. The molecule has 2 aromatic carbocycles. The van der Waals surface area contributed by atoms with Gasteiger partial charge in [-0.15, -0.1) is 11.3 Å². The number of halogens is 2. The van der Waals surface area contributed by atoms with Crippen LogP contribution in [0, 0.1) is 0 Å². The van der Waals surface area contributed by atoms with E-state index in [1.54, 1.807) is 24.3 Å². The summed E-state index contributed by atoms with van der Waals surface area (Å²) < 4.78 is 0.938. The molecular formula is C16H11Cl2N3OS. The second kappa shape index (κ2) is 6.20. The largest absolute Gasteiger partial charge is 0.370 e. The van der Waals surface area contributed by atoms with Crippen molar-refractivity contribution in [3.63, 3.8) is 0 Å². The lowest BCUT2D eigenvalue weighted by Crippen LogP contribution is -2.24. The van der Waals surface area contributed by atoms with Crippen molar-refractivity contribution in [3.05, 3.63) is 57.4 Å². The van der Waals surface area contributed by atoms with Crippen molar-refractivity contribution in [2.24, 2.45) is 16.5 Å². The van der Waals surface area contributed by atoms with Gasteiger partial charge >= 0.3 is 0 Å².